The quantitative estimate of drug-likeness (QED) is 0.863. The van der Waals surface area contributed by atoms with Crippen LogP contribution in [0, 0.1) is 0 Å². The third-order valence-corrected chi connectivity index (χ3v) is 3.81. The molecule has 2 rings (SSSR count). The summed E-state index contributed by atoms with van der Waals surface area (Å²) in [7, 11) is 3.75. The molecule has 7 heteroatoms. The van der Waals surface area contributed by atoms with E-state index in [4.69, 9.17) is 5.73 Å². The first-order chi connectivity index (χ1) is 9.04. The van der Waals surface area contributed by atoms with E-state index >= 15 is 0 Å². The Labute approximate surface area is 124 Å². The van der Waals surface area contributed by atoms with Crippen molar-refractivity contribution in [2.75, 3.05) is 24.7 Å². The average Bonchev–Trinajstić information content (AvgIpc) is 2.37. The van der Waals surface area contributed by atoms with Gasteiger partial charge in [0.2, 0.25) is 11.9 Å². The first-order valence-electron chi connectivity index (χ1n) is 5.61. The molecule has 1 heterocycles. The van der Waals surface area contributed by atoms with Gasteiger partial charge in [-0.2, -0.15) is 15.0 Å². The molecule has 1 aromatic heterocycles. The number of thioether (sulfide) groups is 1. The zero-order valence-electron chi connectivity index (χ0n) is 10.7. The van der Waals surface area contributed by atoms with Gasteiger partial charge in [0, 0.05) is 23.5 Å². The molecule has 0 spiro atoms. The Morgan fingerprint density at radius 1 is 1.16 bits per heavy atom. The number of hydrogen-bond acceptors (Lipinski definition) is 6. The minimum atomic E-state index is 0.255. The lowest BCUT2D eigenvalue weighted by Crippen LogP contribution is -2.15. The number of hydrogen-bond donors (Lipinski definition) is 1. The third kappa shape index (κ3) is 4.07. The van der Waals surface area contributed by atoms with Gasteiger partial charge in [0.15, 0.2) is 0 Å². The lowest BCUT2D eigenvalue weighted by atomic mass is 10.4. The van der Waals surface area contributed by atoms with Gasteiger partial charge in [-0.1, -0.05) is 15.9 Å². The van der Waals surface area contributed by atoms with Crippen LogP contribution < -0.4 is 10.6 Å². The monoisotopic (exact) mass is 339 g/mol. The van der Waals surface area contributed by atoms with E-state index in [9.17, 15) is 0 Å². The standard InChI is InChI=1S/C12H14BrN5S/c1-18(2)12-16-10(15-11(14)17-12)7-19-9-5-3-8(13)4-6-9/h3-6H,7H2,1-2H3,(H2,14,15,16,17). The van der Waals surface area contributed by atoms with Crippen LogP contribution in [0.5, 0.6) is 0 Å². The van der Waals surface area contributed by atoms with Crippen LogP contribution in [0.25, 0.3) is 0 Å². The SMILES string of the molecule is CN(C)c1nc(N)nc(CSc2ccc(Br)cc2)n1. The van der Waals surface area contributed by atoms with Gasteiger partial charge in [0.25, 0.3) is 0 Å². The molecule has 0 amide bonds. The number of nitrogens with zero attached hydrogens (tertiary/aromatic N) is 4. The van der Waals surface area contributed by atoms with Crippen molar-refractivity contribution in [2.45, 2.75) is 10.6 Å². The van der Waals surface area contributed by atoms with Crippen LogP contribution in [0.4, 0.5) is 11.9 Å². The summed E-state index contributed by atoms with van der Waals surface area (Å²) in [4.78, 5) is 15.5. The molecule has 0 unspecified atom stereocenters. The Balaban J connectivity index is 2.08. The first kappa shape index (κ1) is 14.1. The van der Waals surface area contributed by atoms with E-state index in [2.05, 4.69) is 30.9 Å². The van der Waals surface area contributed by atoms with Crippen molar-refractivity contribution in [3.05, 3.63) is 34.6 Å². The van der Waals surface area contributed by atoms with E-state index in [0.717, 1.165) is 9.37 Å². The molecule has 2 aromatic rings. The largest absolute Gasteiger partial charge is 0.368 e. The predicted octanol–water partition coefficient (Wildman–Crippen LogP) is 2.57. The molecule has 0 atom stereocenters. The van der Waals surface area contributed by atoms with Gasteiger partial charge in [-0.3, -0.25) is 0 Å². The molecule has 5 nitrogen and oxygen atoms in total. The Kier molecular flexibility index (Phi) is 4.60. The van der Waals surface area contributed by atoms with Crippen molar-refractivity contribution >= 4 is 39.6 Å². The van der Waals surface area contributed by atoms with Crippen LogP contribution in [0.2, 0.25) is 0 Å². The topological polar surface area (TPSA) is 67.9 Å². The van der Waals surface area contributed by atoms with Crippen LogP contribution in [0.1, 0.15) is 5.82 Å². The average molecular weight is 340 g/mol. The van der Waals surface area contributed by atoms with Gasteiger partial charge in [-0.25, -0.2) is 0 Å². The van der Waals surface area contributed by atoms with Crippen molar-refractivity contribution in [3.63, 3.8) is 0 Å². The summed E-state index contributed by atoms with van der Waals surface area (Å²) in [5, 5.41) is 0. The van der Waals surface area contributed by atoms with Crippen LogP contribution in [-0.4, -0.2) is 29.0 Å². The van der Waals surface area contributed by atoms with Gasteiger partial charge in [0.1, 0.15) is 5.82 Å². The lowest BCUT2D eigenvalue weighted by molar-refractivity contribution is 0.919. The summed E-state index contributed by atoms with van der Waals surface area (Å²) in [5.41, 5.74) is 5.68. The van der Waals surface area contributed by atoms with Gasteiger partial charge < -0.3 is 10.6 Å². The molecule has 0 aliphatic carbocycles. The highest BCUT2D eigenvalue weighted by atomic mass is 79.9. The van der Waals surface area contributed by atoms with Gasteiger partial charge in [0.05, 0.1) is 5.75 Å². The number of rotatable bonds is 4. The molecule has 0 fully saturated rings. The number of nitrogens with two attached hydrogens (primary N) is 1. The van der Waals surface area contributed by atoms with Crippen molar-refractivity contribution in [3.8, 4) is 0 Å². The lowest BCUT2D eigenvalue weighted by Gasteiger charge is -2.11. The minimum Gasteiger partial charge on any atom is -0.368 e. The highest BCUT2D eigenvalue weighted by Crippen LogP contribution is 2.23. The van der Waals surface area contributed by atoms with Crippen LogP contribution >= 0.6 is 27.7 Å². The van der Waals surface area contributed by atoms with Crippen molar-refractivity contribution in [1.82, 2.24) is 15.0 Å². The van der Waals surface area contributed by atoms with E-state index in [1.807, 2.05) is 43.3 Å². The van der Waals surface area contributed by atoms with E-state index in [1.165, 1.54) is 0 Å². The highest BCUT2D eigenvalue weighted by Gasteiger charge is 2.06. The fourth-order valence-corrected chi connectivity index (χ4v) is 2.39. The molecule has 0 bridgehead atoms. The second kappa shape index (κ2) is 6.21. The van der Waals surface area contributed by atoms with Gasteiger partial charge in [-0.05, 0) is 24.3 Å². The molecular formula is C12H14BrN5S. The predicted molar refractivity (Wildman–Crippen MR) is 82.3 cm³/mol. The maximum Gasteiger partial charge on any atom is 0.229 e. The smallest absolute Gasteiger partial charge is 0.229 e. The second-order valence-electron chi connectivity index (χ2n) is 4.05. The molecule has 1 aromatic carbocycles. The zero-order valence-corrected chi connectivity index (χ0v) is 13.1. The fourth-order valence-electron chi connectivity index (χ4n) is 1.37. The number of aromatic nitrogens is 3. The maximum absolute atomic E-state index is 5.68. The molecule has 0 saturated carbocycles. The minimum absolute atomic E-state index is 0.255. The third-order valence-electron chi connectivity index (χ3n) is 2.27. The Hall–Kier alpha value is -1.34. The van der Waals surface area contributed by atoms with Crippen molar-refractivity contribution < 1.29 is 0 Å². The molecule has 0 aliphatic rings. The molecule has 2 N–H and O–H groups in total. The first-order valence-corrected chi connectivity index (χ1v) is 7.38. The number of anilines is 2. The number of nitrogen functional groups attached to an aromatic ring is 1. The van der Waals surface area contributed by atoms with Crippen LogP contribution in [0.3, 0.4) is 0 Å². The Morgan fingerprint density at radius 2 is 1.84 bits per heavy atom. The fraction of sp³-hybridized carbons (Fsp3) is 0.250. The summed E-state index contributed by atoms with van der Waals surface area (Å²) in [6.07, 6.45) is 0. The molecule has 0 saturated heterocycles. The van der Waals surface area contributed by atoms with E-state index in [1.54, 1.807) is 11.8 Å². The number of benzene rings is 1. The second-order valence-corrected chi connectivity index (χ2v) is 6.01. The summed E-state index contributed by atoms with van der Waals surface area (Å²) >= 11 is 5.08. The van der Waals surface area contributed by atoms with Crippen molar-refractivity contribution in [2.24, 2.45) is 0 Å². The van der Waals surface area contributed by atoms with Gasteiger partial charge in [-0.15, -0.1) is 11.8 Å². The Bertz CT molecular complexity index is 559. The maximum atomic E-state index is 5.68. The zero-order chi connectivity index (χ0) is 13.8. The van der Waals surface area contributed by atoms with Crippen molar-refractivity contribution in [1.29, 1.82) is 0 Å². The molecular weight excluding hydrogens is 326 g/mol. The molecule has 100 valence electrons. The van der Waals surface area contributed by atoms with Gasteiger partial charge >= 0.3 is 0 Å². The van der Waals surface area contributed by atoms with Crippen LogP contribution in [-0.2, 0) is 5.75 Å². The molecule has 0 aliphatic heterocycles. The van der Waals surface area contributed by atoms with E-state index < -0.39 is 0 Å². The summed E-state index contributed by atoms with van der Waals surface area (Å²) in [6.45, 7) is 0. The number of halogens is 1. The summed E-state index contributed by atoms with van der Waals surface area (Å²) < 4.78 is 1.07. The summed E-state index contributed by atoms with van der Waals surface area (Å²) in [5.74, 6) is 2.18. The normalized spacial score (nSPS) is 10.5. The highest BCUT2D eigenvalue weighted by molar-refractivity contribution is 9.10. The van der Waals surface area contributed by atoms with E-state index in [0.29, 0.717) is 17.5 Å². The molecule has 0 radical (unpaired) electrons. The van der Waals surface area contributed by atoms with E-state index in [-0.39, 0.29) is 5.95 Å². The summed E-state index contributed by atoms with van der Waals surface area (Å²) in [6, 6.07) is 8.11. The Morgan fingerprint density at radius 3 is 2.47 bits per heavy atom. The van der Waals surface area contributed by atoms with Crippen LogP contribution in [0.15, 0.2) is 33.6 Å². The molecule has 19 heavy (non-hydrogen) atoms.